The van der Waals surface area contributed by atoms with Crippen LogP contribution in [0.2, 0.25) is 0 Å². The van der Waals surface area contributed by atoms with Crippen LogP contribution in [0.15, 0.2) is 11.6 Å². The van der Waals surface area contributed by atoms with E-state index >= 15 is 0 Å². The van der Waals surface area contributed by atoms with Gasteiger partial charge in [0.15, 0.2) is 12.6 Å². The Morgan fingerprint density at radius 2 is 1.76 bits per heavy atom. The van der Waals surface area contributed by atoms with E-state index in [4.69, 9.17) is 4.74 Å². The number of carbonyl (C=O) groups excluding carboxylic acids is 2. The molecule has 5 nitrogen and oxygen atoms in total. The van der Waals surface area contributed by atoms with E-state index in [1.807, 2.05) is 0 Å². The topological polar surface area (TPSA) is 83.8 Å². The van der Waals surface area contributed by atoms with E-state index in [1.165, 1.54) is 5.57 Å². The molecule has 1 aromatic carbocycles. The van der Waals surface area contributed by atoms with E-state index < -0.39 is 11.4 Å². The van der Waals surface area contributed by atoms with Crippen LogP contribution in [0.25, 0.3) is 0 Å². The molecule has 2 N–H and O–H groups in total. The Balaban J connectivity index is 1.98. The first-order chi connectivity index (χ1) is 15.5. The average Bonchev–Trinajstić information content (AvgIpc) is 3.25. The molecule has 2 aliphatic carbocycles. The first kappa shape index (κ1) is 23.8. The van der Waals surface area contributed by atoms with Crippen molar-refractivity contribution in [1.29, 1.82) is 0 Å². The second-order valence-electron chi connectivity index (χ2n) is 11.8. The number of carbonyl (C=O) groups is 2. The van der Waals surface area contributed by atoms with Gasteiger partial charge in [-0.2, -0.15) is 0 Å². The Kier molecular flexibility index (Phi) is 5.91. The van der Waals surface area contributed by atoms with Crippen molar-refractivity contribution in [3.05, 3.63) is 28.3 Å². The number of hydrogen-bond acceptors (Lipinski definition) is 5. The van der Waals surface area contributed by atoms with Gasteiger partial charge in [0.1, 0.15) is 22.8 Å². The van der Waals surface area contributed by atoms with Crippen LogP contribution in [0.1, 0.15) is 106 Å². The monoisotopic (exact) mass is 454 g/mol. The van der Waals surface area contributed by atoms with Gasteiger partial charge in [-0.05, 0) is 75.0 Å². The molecule has 5 atom stereocenters. The van der Waals surface area contributed by atoms with Crippen LogP contribution in [-0.2, 0) is 0 Å². The Morgan fingerprint density at radius 3 is 2.36 bits per heavy atom. The fourth-order valence-corrected chi connectivity index (χ4v) is 7.11. The molecule has 0 saturated heterocycles. The lowest BCUT2D eigenvalue weighted by atomic mass is 9.64. The first-order valence-corrected chi connectivity index (χ1v) is 12.3. The van der Waals surface area contributed by atoms with Crippen molar-refractivity contribution in [3.8, 4) is 17.2 Å². The van der Waals surface area contributed by atoms with Crippen molar-refractivity contribution < 1.29 is 24.5 Å². The quantitative estimate of drug-likeness (QED) is 0.405. The van der Waals surface area contributed by atoms with Gasteiger partial charge in [-0.3, -0.25) is 9.59 Å². The summed E-state index contributed by atoms with van der Waals surface area (Å²) in [6, 6.07) is 0. The molecule has 4 rings (SSSR count). The maximum atomic E-state index is 12.1. The van der Waals surface area contributed by atoms with E-state index in [9.17, 15) is 19.8 Å². The molecule has 3 aliphatic rings. The molecule has 1 saturated carbocycles. The van der Waals surface area contributed by atoms with Crippen molar-refractivity contribution >= 4 is 12.6 Å². The minimum absolute atomic E-state index is 0.0336. The average molecular weight is 455 g/mol. The molecule has 0 spiro atoms. The number of phenolic OH excluding ortho intramolecular Hbond substituents is 2. The third kappa shape index (κ3) is 3.68. The number of ether oxygens (including phenoxy) is 1. The zero-order valence-corrected chi connectivity index (χ0v) is 20.8. The fourth-order valence-electron chi connectivity index (χ4n) is 7.11. The van der Waals surface area contributed by atoms with Gasteiger partial charge in [-0.25, -0.2) is 0 Å². The maximum Gasteiger partial charge on any atom is 0.157 e. The van der Waals surface area contributed by atoms with Crippen molar-refractivity contribution in [3.63, 3.8) is 0 Å². The number of phenols is 2. The van der Waals surface area contributed by atoms with Gasteiger partial charge in [0, 0.05) is 11.5 Å². The molecule has 1 heterocycles. The summed E-state index contributed by atoms with van der Waals surface area (Å²) in [5.41, 5.74) is 1.28. The lowest BCUT2D eigenvalue weighted by molar-refractivity contribution is -0.0348. The van der Waals surface area contributed by atoms with Crippen molar-refractivity contribution in [2.45, 2.75) is 85.2 Å². The number of fused-ring (bicyclic) bond motifs is 4. The Labute approximate surface area is 197 Å². The van der Waals surface area contributed by atoms with Gasteiger partial charge in [-0.15, -0.1) is 0 Å². The summed E-state index contributed by atoms with van der Waals surface area (Å²) in [6.45, 7) is 13.3. The number of aldehydes is 2. The van der Waals surface area contributed by atoms with Gasteiger partial charge in [0.25, 0.3) is 0 Å². The van der Waals surface area contributed by atoms with Crippen LogP contribution in [0.4, 0.5) is 0 Å². The van der Waals surface area contributed by atoms with Gasteiger partial charge in [0.2, 0.25) is 0 Å². The number of benzene rings is 1. The van der Waals surface area contributed by atoms with Crippen molar-refractivity contribution in [2.75, 3.05) is 0 Å². The summed E-state index contributed by atoms with van der Waals surface area (Å²) in [4.78, 5) is 23.9. The van der Waals surface area contributed by atoms with Crippen molar-refractivity contribution in [1.82, 2.24) is 0 Å². The highest BCUT2D eigenvalue weighted by Crippen LogP contribution is 2.71. The Morgan fingerprint density at radius 1 is 1.09 bits per heavy atom. The molecule has 33 heavy (non-hydrogen) atoms. The van der Waals surface area contributed by atoms with E-state index in [1.54, 1.807) is 0 Å². The predicted octanol–water partition coefficient (Wildman–Crippen LogP) is 6.41. The van der Waals surface area contributed by atoms with Gasteiger partial charge < -0.3 is 14.9 Å². The SMILES string of the molecule is CC1=CCC[C@@]2(C)Oc3c(C=O)c(O)c(C=O)c(O)c3[C@@H](CC(C)C)[C@@H]2[C@@H]2[C@@H](CC1)C2(C)C. The predicted molar refractivity (Wildman–Crippen MR) is 128 cm³/mol. The molecule has 1 aliphatic heterocycles. The zero-order chi connectivity index (χ0) is 24.3. The highest BCUT2D eigenvalue weighted by atomic mass is 16.5. The molecule has 0 aromatic heterocycles. The third-order valence-corrected chi connectivity index (χ3v) is 8.82. The van der Waals surface area contributed by atoms with Crippen LogP contribution < -0.4 is 4.74 Å². The second kappa shape index (κ2) is 8.18. The summed E-state index contributed by atoms with van der Waals surface area (Å²) >= 11 is 0. The van der Waals surface area contributed by atoms with Crippen LogP contribution in [0, 0.1) is 29.1 Å². The van der Waals surface area contributed by atoms with Gasteiger partial charge >= 0.3 is 0 Å². The molecular formula is C28H38O5. The number of allylic oxidation sites excluding steroid dienone is 2. The number of aromatic hydroxyl groups is 2. The van der Waals surface area contributed by atoms with Gasteiger partial charge in [-0.1, -0.05) is 39.3 Å². The minimum atomic E-state index is -0.559. The molecule has 0 amide bonds. The molecular weight excluding hydrogens is 416 g/mol. The summed E-state index contributed by atoms with van der Waals surface area (Å²) in [5, 5.41) is 21.8. The lowest BCUT2D eigenvalue weighted by Gasteiger charge is -2.49. The van der Waals surface area contributed by atoms with Crippen LogP contribution >= 0.6 is 0 Å². The zero-order valence-electron chi connectivity index (χ0n) is 20.8. The molecule has 180 valence electrons. The van der Waals surface area contributed by atoms with Crippen molar-refractivity contribution in [2.24, 2.45) is 29.1 Å². The van der Waals surface area contributed by atoms with Gasteiger partial charge in [0.05, 0.1) is 11.1 Å². The number of rotatable bonds is 4. The van der Waals surface area contributed by atoms with Crippen LogP contribution in [0.5, 0.6) is 17.2 Å². The van der Waals surface area contributed by atoms with E-state index in [0.717, 1.165) is 32.1 Å². The number of hydrogen-bond donors (Lipinski definition) is 2. The van der Waals surface area contributed by atoms with Crippen LogP contribution in [-0.4, -0.2) is 28.4 Å². The summed E-state index contributed by atoms with van der Waals surface area (Å²) in [6.07, 6.45) is 7.99. The molecule has 1 fully saturated rings. The van der Waals surface area contributed by atoms with E-state index in [0.29, 0.717) is 35.9 Å². The summed E-state index contributed by atoms with van der Waals surface area (Å²) in [5.74, 6) is 0.888. The lowest BCUT2D eigenvalue weighted by Crippen LogP contribution is -2.49. The summed E-state index contributed by atoms with van der Waals surface area (Å²) < 4.78 is 6.68. The highest BCUT2D eigenvalue weighted by Gasteiger charge is 2.66. The highest BCUT2D eigenvalue weighted by molar-refractivity contribution is 5.95. The Hall–Kier alpha value is -2.30. The molecule has 0 unspecified atom stereocenters. The smallest absolute Gasteiger partial charge is 0.157 e. The normalized spacial score (nSPS) is 32.5. The maximum absolute atomic E-state index is 12.1. The van der Waals surface area contributed by atoms with E-state index in [2.05, 4.69) is 47.6 Å². The second-order valence-corrected chi connectivity index (χ2v) is 11.8. The Bertz CT molecular complexity index is 1000. The largest absolute Gasteiger partial charge is 0.507 e. The van der Waals surface area contributed by atoms with E-state index in [-0.39, 0.29) is 39.9 Å². The molecule has 5 heteroatoms. The summed E-state index contributed by atoms with van der Waals surface area (Å²) in [7, 11) is 0. The first-order valence-electron chi connectivity index (χ1n) is 12.3. The van der Waals surface area contributed by atoms with Crippen LogP contribution in [0.3, 0.4) is 0 Å². The third-order valence-electron chi connectivity index (χ3n) is 8.82. The molecule has 0 radical (unpaired) electrons. The minimum Gasteiger partial charge on any atom is -0.507 e. The fraction of sp³-hybridized carbons (Fsp3) is 0.643. The molecule has 0 bridgehead atoms. The molecule has 1 aromatic rings. The standard InChI is InChI=1S/C28H38O5/c1-15(2)12-17-21-25(32)18(13-29)24(31)19(14-30)26(21)33-28(6)11-7-8-16(3)9-10-20-23(22(17)28)27(20,4)5/h8,13-15,17,20,22-23,31-32H,7,9-12H2,1-6H3/t17-,20-,22-,23+,28-/m1/s1.